The van der Waals surface area contributed by atoms with E-state index in [2.05, 4.69) is 4.98 Å². The highest BCUT2D eigenvalue weighted by Gasteiger charge is 2.31. The number of hydrogen-bond acceptors (Lipinski definition) is 4. The largest absolute Gasteiger partial charge is 0.461 e. The van der Waals surface area contributed by atoms with Gasteiger partial charge in [-0.15, -0.1) is 11.3 Å². The number of thiazole rings is 1. The van der Waals surface area contributed by atoms with Gasteiger partial charge in [0.1, 0.15) is 5.01 Å². The number of benzene rings is 1. The molecule has 3 nitrogen and oxygen atoms in total. The minimum atomic E-state index is -4.46. The van der Waals surface area contributed by atoms with Crippen molar-refractivity contribution in [1.82, 2.24) is 4.98 Å². The SMILES string of the molecule is CCOC(=O)c1csc(-c2ccc(C(F)(F)F)cc2Cl)n1. The molecule has 0 atom stereocenters. The molecule has 0 saturated carbocycles. The maximum absolute atomic E-state index is 12.6. The highest BCUT2D eigenvalue weighted by molar-refractivity contribution is 7.13. The van der Waals surface area contributed by atoms with Gasteiger partial charge in [-0.3, -0.25) is 0 Å². The Morgan fingerprint density at radius 2 is 2.14 bits per heavy atom. The molecule has 0 spiro atoms. The van der Waals surface area contributed by atoms with Crippen LogP contribution >= 0.6 is 22.9 Å². The van der Waals surface area contributed by atoms with Crippen LogP contribution in [0.25, 0.3) is 10.6 Å². The van der Waals surface area contributed by atoms with Gasteiger partial charge in [-0.05, 0) is 25.1 Å². The molecule has 0 radical (unpaired) electrons. The van der Waals surface area contributed by atoms with Crippen molar-refractivity contribution in [2.24, 2.45) is 0 Å². The highest BCUT2D eigenvalue weighted by atomic mass is 35.5. The molecular weight excluding hydrogens is 327 g/mol. The lowest BCUT2D eigenvalue weighted by Crippen LogP contribution is -2.05. The zero-order valence-electron chi connectivity index (χ0n) is 10.7. The molecule has 21 heavy (non-hydrogen) atoms. The van der Waals surface area contributed by atoms with Crippen LogP contribution < -0.4 is 0 Å². The summed E-state index contributed by atoms with van der Waals surface area (Å²) in [5, 5.41) is 1.76. The first-order chi connectivity index (χ1) is 9.82. The van der Waals surface area contributed by atoms with Crippen LogP contribution in [-0.4, -0.2) is 17.6 Å². The molecule has 0 unspecified atom stereocenters. The Morgan fingerprint density at radius 3 is 2.71 bits per heavy atom. The maximum Gasteiger partial charge on any atom is 0.416 e. The summed E-state index contributed by atoms with van der Waals surface area (Å²) in [7, 11) is 0. The minimum absolute atomic E-state index is 0.0745. The van der Waals surface area contributed by atoms with Crippen molar-refractivity contribution in [2.75, 3.05) is 6.61 Å². The van der Waals surface area contributed by atoms with Crippen LogP contribution in [0.1, 0.15) is 23.0 Å². The summed E-state index contributed by atoms with van der Waals surface area (Å²) in [6.45, 7) is 1.88. The first kappa shape index (κ1) is 15.8. The number of halogens is 4. The second-order valence-electron chi connectivity index (χ2n) is 3.95. The lowest BCUT2D eigenvalue weighted by molar-refractivity contribution is -0.137. The summed E-state index contributed by atoms with van der Waals surface area (Å²) < 4.78 is 42.5. The van der Waals surface area contributed by atoms with E-state index in [4.69, 9.17) is 16.3 Å². The van der Waals surface area contributed by atoms with Crippen molar-refractivity contribution in [3.05, 3.63) is 39.9 Å². The number of aromatic nitrogens is 1. The van der Waals surface area contributed by atoms with Gasteiger partial charge in [-0.1, -0.05) is 11.6 Å². The quantitative estimate of drug-likeness (QED) is 0.766. The van der Waals surface area contributed by atoms with Gasteiger partial charge in [0.2, 0.25) is 0 Å². The lowest BCUT2D eigenvalue weighted by Gasteiger charge is -2.08. The Labute approximate surface area is 127 Å². The molecule has 1 aromatic carbocycles. The van der Waals surface area contributed by atoms with Crippen LogP contribution in [0.4, 0.5) is 13.2 Å². The fourth-order valence-electron chi connectivity index (χ4n) is 1.56. The van der Waals surface area contributed by atoms with Gasteiger partial charge in [-0.2, -0.15) is 13.2 Å². The molecule has 0 aliphatic rings. The van der Waals surface area contributed by atoms with Gasteiger partial charge in [0, 0.05) is 10.9 Å². The Bertz CT molecular complexity index is 670. The van der Waals surface area contributed by atoms with Crippen molar-refractivity contribution in [3.8, 4) is 10.6 Å². The van der Waals surface area contributed by atoms with Crippen molar-refractivity contribution in [2.45, 2.75) is 13.1 Å². The van der Waals surface area contributed by atoms with Gasteiger partial charge in [0.25, 0.3) is 0 Å². The summed E-state index contributed by atoms with van der Waals surface area (Å²) in [6, 6.07) is 2.99. The fourth-order valence-corrected chi connectivity index (χ4v) is 2.72. The van der Waals surface area contributed by atoms with Crippen molar-refractivity contribution < 1.29 is 22.7 Å². The summed E-state index contributed by atoms with van der Waals surface area (Å²) >= 11 is 6.98. The molecule has 0 aliphatic heterocycles. The third-order valence-electron chi connectivity index (χ3n) is 2.52. The molecule has 8 heteroatoms. The number of nitrogens with zero attached hydrogens (tertiary/aromatic N) is 1. The topological polar surface area (TPSA) is 39.2 Å². The van der Waals surface area contributed by atoms with Crippen molar-refractivity contribution >= 4 is 28.9 Å². The molecule has 0 amide bonds. The number of hydrogen-bond donors (Lipinski definition) is 0. The first-order valence-corrected chi connectivity index (χ1v) is 7.08. The first-order valence-electron chi connectivity index (χ1n) is 5.82. The molecule has 112 valence electrons. The molecule has 0 bridgehead atoms. The van der Waals surface area contributed by atoms with E-state index in [0.717, 1.165) is 23.5 Å². The van der Waals surface area contributed by atoms with E-state index in [1.165, 1.54) is 11.4 Å². The molecular formula is C13H9ClF3NO2S. The standard InChI is InChI=1S/C13H9ClF3NO2S/c1-2-20-12(19)10-6-21-11(18-10)8-4-3-7(5-9(8)14)13(15,16)17/h3-6H,2H2,1H3. The minimum Gasteiger partial charge on any atom is -0.461 e. The number of esters is 1. The second-order valence-corrected chi connectivity index (χ2v) is 5.22. The Balaban J connectivity index is 2.33. The second kappa shape index (κ2) is 6.03. The predicted octanol–water partition coefficient (Wildman–Crippen LogP) is 4.66. The molecule has 2 aromatic rings. The maximum atomic E-state index is 12.6. The molecule has 0 aliphatic carbocycles. The van der Waals surface area contributed by atoms with E-state index >= 15 is 0 Å². The Morgan fingerprint density at radius 1 is 1.43 bits per heavy atom. The predicted molar refractivity (Wildman–Crippen MR) is 73.5 cm³/mol. The van der Waals surface area contributed by atoms with Gasteiger partial charge >= 0.3 is 12.1 Å². The van der Waals surface area contributed by atoms with E-state index in [1.54, 1.807) is 6.92 Å². The summed E-state index contributed by atoms with van der Waals surface area (Å²) in [5.74, 6) is -0.581. The van der Waals surface area contributed by atoms with Crippen LogP contribution in [0, 0.1) is 0 Å². The monoisotopic (exact) mass is 335 g/mol. The molecule has 2 rings (SSSR count). The zero-order chi connectivity index (χ0) is 15.6. The summed E-state index contributed by atoms with van der Waals surface area (Å²) in [6.07, 6.45) is -4.46. The van der Waals surface area contributed by atoms with Crippen LogP contribution in [0.2, 0.25) is 5.02 Å². The Kier molecular flexibility index (Phi) is 4.53. The lowest BCUT2D eigenvalue weighted by atomic mass is 10.1. The van der Waals surface area contributed by atoms with E-state index in [0.29, 0.717) is 10.6 Å². The molecule has 0 N–H and O–H groups in total. The average Bonchev–Trinajstić information content (AvgIpc) is 2.87. The van der Waals surface area contributed by atoms with E-state index in [1.807, 2.05) is 0 Å². The fraction of sp³-hybridized carbons (Fsp3) is 0.231. The number of rotatable bonds is 3. The van der Waals surface area contributed by atoms with Crippen LogP contribution in [-0.2, 0) is 10.9 Å². The molecule has 0 fully saturated rings. The summed E-state index contributed by atoms with van der Waals surface area (Å²) in [5.41, 5.74) is -0.392. The third kappa shape index (κ3) is 3.54. The number of alkyl halides is 3. The van der Waals surface area contributed by atoms with Crippen molar-refractivity contribution in [3.63, 3.8) is 0 Å². The molecule has 1 heterocycles. The summed E-state index contributed by atoms with van der Waals surface area (Å²) in [4.78, 5) is 15.5. The van der Waals surface area contributed by atoms with E-state index in [9.17, 15) is 18.0 Å². The number of ether oxygens (including phenoxy) is 1. The van der Waals surface area contributed by atoms with Crippen LogP contribution in [0.3, 0.4) is 0 Å². The van der Waals surface area contributed by atoms with Gasteiger partial charge < -0.3 is 4.74 Å². The molecule has 0 saturated heterocycles. The van der Waals surface area contributed by atoms with Gasteiger partial charge in [0.05, 0.1) is 17.2 Å². The van der Waals surface area contributed by atoms with E-state index < -0.39 is 17.7 Å². The van der Waals surface area contributed by atoms with Gasteiger partial charge in [0.15, 0.2) is 5.69 Å². The smallest absolute Gasteiger partial charge is 0.416 e. The van der Waals surface area contributed by atoms with Crippen LogP contribution in [0.15, 0.2) is 23.6 Å². The molecule has 1 aromatic heterocycles. The van der Waals surface area contributed by atoms with Crippen molar-refractivity contribution in [1.29, 1.82) is 0 Å². The highest BCUT2D eigenvalue weighted by Crippen LogP contribution is 2.36. The zero-order valence-corrected chi connectivity index (χ0v) is 12.3. The van der Waals surface area contributed by atoms with Gasteiger partial charge in [-0.25, -0.2) is 9.78 Å². The van der Waals surface area contributed by atoms with E-state index in [-0.39, 0.29) is 17.3 Å². The van der Waals surface area contributed by atoms with Crippen LogP contribution in [0.5, 0.6) is 0 Å². The third-order valence-corrected chi connectivity index (χ3v) is 3.70. The number of carbonyl (C=O) groups excluding carboxylic acids is 1. The average molecular weight is 336 g/mol. The Hall–Kier alpha value is -1.60. The normalized spacial score (nSPS) is 11.5. The number of carbonyl (C=O) groups is 1.